The van der Waals surface area contributed by atoms with Crippen molar-refractivity contribution in [3.05, 3.63) is 95.6 Å². The van der Waals surface area contributed by atoms with Crippen LogP contribution in [0, 0.1) is 0 Å². The smallest absolute Gasteiger partial charge is 0.0243 e. The molecule has 0 aliphatic carbocycles. The first-order valence-electron chi connectivity index (χ1n) is 10.4. The van der Waals surface area contributed by atoms with E-state index in [1.807, 2.05) is 7.05 Å². The summed E-state index contributed by atoms with van der Waals surface area (Å²) >= 11 is 0. The Bertz CT molecular complexity index is 874. The second kappa shape index (κ2) is 10.9. The topological polar surface area (TPSA) is 18.5 Å². The Hall–Kier alpha value is -2.46. The van der Waals surface area contributed by atoms with Gasteiger partial charge in [0.15, 0.2) is 0 Å². The van der Waals surface area contributed by atoms with Crippen molar-refractivity contribution < 1.29 is 0 Å². The molecule has 3 aromatic rings. The molecule has 3 rings (SSSR count). The number of rotatable bonds is 10. The van der Waals surface area contributed by atoms with E-state index < -0.39 is 0 Å². The molecule has 0 fully saturated rings. The van der Waals surface area contributed by atoms with E-state index in [4.69, 9.17) is 0 Å². The van der Waals surface area contributed by atoms with Gasteiger partial charge in [-0.25, -0.2) is 0 Å². The monoisotopic (exact) mass is 387 g/mol. The van der Waals surface area contributed by atoms with Crippen molar-refractivity contribution >= 4 is 0 Å². The molecule has 0 spiro atoms. The third-order valence-corrected chi connectivity index (χ3v) is 5.14. The fourth-order valence-corrected chi connectivity index (χ4v) is 3.65. The molecule has 0 atom stereocenters. The predicted octanol–water partition coefficient (Wildman–Crippen LogP) is 4.64. The number of likely N-dealkylation sites (N-methyl/N-ethyl adjacent to an activating group) is 1. The molecule has 0 saturated heterocycles. The highest BCUT2D eigenvalue weighted by molar-refractivity contribution is 5.67. The Balaban J connectivity index is 1.82. The molecule has 1 N–H and O–H groups in total. The van der Waals surface area contributed by atoms with Crippen LogP contribution in [-0.2, 0) is 19.6 Å². The second-order valence-electron chi connectivity index (χ2n) is 7.89. The SMILES string of the molecule is CNCc1cccc(CN(CCN(C)C)Cc2ccccc2-c2ccccc2)c1. The standard InChI is InChI=1S/C26H33N3/c1-27-19-22-10-9-11-23(18-22)20-29(17-16-28(2)3)21-25-14-7-8-15-26(25)24-12-5-4-6-13-24/h4-15,18,27H,16-17,19-21H2,1-3H3. The van der Waals surface area contributed by atoms with Crippen molar-refractivity contribution in [3.63, 3.8) is 0 Å². The molecule has 0 heterocycles. The summed E-state index contributed by atoms with van der Waals surface area (Å²) in [5, 5.41) is 3.25. The summed E-state index contributed by atoms with van der Waals surface area (Å²) in [7, 11) is 6.28. The van der Waals surface area contributed by atoms with Crippen molar-refractivity contribution in [1.82, 2.24) is 15.1 Å². The number of nitrogens with one attached hydrogen (secondary N) is 1. The lowest BCUT2D eigenvalue weighted by Gasteiger charge is -2.26. The van der Waals surface area contributed by atoms with Gasteiger partial charge in [0.25, 0.3) is 0 Å². The average Bonchev–Trinajstić information content (AvgIpc) is 2.73. The van der Waals surface area contributed by atoms with E-state index in [9.17, 15) is 0 Å². The largest absolute Gasteiger partial charge is 0.316 e. The third kappa shape index (κ3) is 6.53. The normalized spacial score (nSPS) is 11.3. The minimum atomic E-state index is 0.905. The van der Waals surface area contributed by atoms with Gasteiger partial charge in [0.1, 0.15) is 0 Å². The van der Waals surface area contributed by atoms with Crippen LogP contribution >= 0.6 is 0 Å². The van der Waals surface area contributed by atoms with Crippen LogP contribution in [0.25, 0.3) is 11.1 Å². The van der Waals surface area contributed by atoms with E-state index in [-0.39, 0.29) is 0 Å². The van der Waals surface area contributed by atoms with Crippen molar-refractivity contribution in [1.29, 1.82) is 0 Å². The van der Waals surface area contributed by atoms with E-state index in [1.165, 1.54) is 27.8 Å². The first-order valence-corrected chi connectivity index (χ1v) is 10.4. The molecule has 0 saturated carbocycles. The summed E-state index contributed by atoms with van der Waals surface area (Å²) in [5.74, 6) is 0. The van der Waals surface area contributed by atoms with Crippen molar-refractivity contribution in [2.45, 2.75) is 19.6 Å². The highest BCUT2D eigenvalue weighted by Gasteiger charge is 2.12. The highest BCUT2D eigenvalue weighted by atomic mass is 15.2. The van der Waals surface area contributed by atoms with E-state index in [1.54, 1.807) is 0 Å². The van der Waals surface area contributed by atoms with E-state index in [0.29, 0.717) is 0 Å². The molecule has 0 bridgehead atoms. The first-order chi connectivity index (χ1) is 14.2. The van der Waals surface area contributed by atoms with Crippen LogP contribution in [0.3, 0.4) is 0 Å². The Labute approximate surface area is 176 Å². The Kier molecular flexibility index (Phi) is 8.00. The molecule has 3 nitrogen and oxygen atoms in total. The lowest BCUT2D eigenvalue weighted by Crippen LogP contribution is -2.31. The molecular weight excluding hydrogens is 354 g/mol. The van der Waals surface area contributed by atoms with Gasteiger partial charge in [-0.1, -0.05) is 78.9 Å². The quantitative estimate of drug-likeness (QED) is 0.547. The fourth-order valence-electron chi connectivity index (χ4n) is 3.65. The molecule has 0 radical (unpaired) electrons. The molecule has 0 aromatic heterocycles. The molecule has 0 amide bonds. The lowest BCUT2D eigenvalue weighted by atomic mass is 9.99. The lowest BCUT2D eigenvalue weighted by molar-refractivity contribution is 0.226. The van der Waals surface area contributed by atoms with E-state index >= 15 is 0 Å². The summed E-state index contributed by atoms with van der Waals surface area (Å²) in [5.41, 5.74) is 6.69. The number of hydrogen-bond donors (Lipinski definition) is 1. The third-order valence-electron chi connectivity index (χ3n) is 5.14. The van der Waals surface area contributed by atoms with Gasteiger partial charge in [-0.3, -0.25) is 4.90 Å². The minimum absolute atomic E-state index is 0.905. The molecule has 3 aromatic carbocycles. The fraction of sp³-hybridized carbons (Fsp3) is 0.308. The predicted molar refractivity (Wildman–Crippen MR) is 124 cm³/mol. The van der Waals surface area contributed by atoms with Crippen LogP contribution in [0.15, 0.2) is 78.9 Å². The van der Waals surface area contributed by atoms with Gasteiger partial charge in [0, 0.05) is 32.7 Å². The van der Waals surface area contributed by atoms with Crippen LogP contribution in [-0.4, -0.2) is 44.0 Å². The van der Waals surface area contributed by atoms with Crippen LogP contribution in [0.4, 0.5) is 0 Å². The Morgan fingerprint density at radius 3 is 2.21 bits per heavy atom. The average molecular weight is 388 g/mol. The van der Waals surface area contributed by atoms with Gasteiger partial charge in [0.2, 0.25) is 0 Å². The van der Waals surface area contributed by atoms with Crippen LogP contribution in [0.5, 0.6) is 0 Å². The van der Waals surface area contributed by atoms with E-state index in [2.05, 4.69) is 108 Å². The molecular formula is C26H33N3. The van der Waals surface area contributed by atoms with Crippen molar-refractivity contribution in [3.8, 4) is 11.1 Å². The summed E-state index contributed by atoms with van der Waals surface area (Å²) in [4.78, 5) is 4.81. The maximum absolute atomic E-state index is 3.25. The van der Waals surface area contributed by atoms with Crippen LogP contribution in [0.1, 0.15) is 16.7 Å². The molecule has 0 aliphatic rings. The van der Waals surface area contributed by atoms with Gasteiger partial charge in [-0.15, -0.1) is 0 Å². The maximum atomic E-state index is 3.25. The number of benzene rings is 3. The van der Waals surface area contributed by atoms with Crippen molar-refractivity contribution in [2.24, 2.45) is 0 Å². The molecule has 0 aliphatic heterocycles. The summed E-state index contributed by atoms with van der Waals surface area (Å²) in [6, 6.07) is 28.4. The maximum Gasteiger partial charge on any atom is 0.0243 e. The van der Waals surface area contributed by atoms with E-state index in [0.717, 1.165) is 32.7 Å². The van der Waals surface area contributed by atoms with Crippen molar-refractivity contribution in [2.75, 3.05) is 34.2 Å². The van der Waals surface area contributed by atoms with Gasteiger partial charge in [-0.2, -0.15) is 0 Å². The molecule has 29 heavy (non-hydrogen) atoms. The minimum Gasteiger partial charge on any atom is -0.316 e. The highest BCUT2D eigenvalue weighted by Crippen LogP contribution is 2.25. The van der Waals surface area contributed by atoms with Gasteiger partial charge < -0.3 is 10.2 Å². The number of hydrogen-bond acceptors (Lipinski definition) is 3. The number of nitrogens with zero attached hydrogens (tertiary/aromatic N) is 2. The van der Waals surface area contributed by atoms with Crippen LogP contribution < -0.4 is 5.32 Å². The Morgan fingerprint density at radius 1 is 0.724 bits per heavy atom. The van der Waals surface area contributed by atoms with Crippen LogP contribution in [0.2, 0.25) is 0 Å². The van der Waals surface area contributed by atoms with Gasteiger partial charge >= 0.3 is 0 Å². The summed E-state index contributed by atoms with van der Waals surface area (Å²) in [6.45, 7) is 4.88. The van der Waals surface area contributed by atoms with Gasteiger partial charge in [0.05, 0.1) is 0 Å². The molecule has 152 valence electrons. The zero-order valence-electron chi connectivity index (χ0n) is 17.9. The second-order valence-corrected chi connectivity index (χ2v) is 7.89. The summed E-state index contributed by atoms with van der Waals surface area (Å²) < 4.78 is 0. The molecule has 0 unspecified atom stereocenters. The zero-order valence-corrected chi connectivity index (χ0v) is 17.9. The first kappa shape index (κ1) is 21.3. The molecule has 3 heteroatoms. The Morgan fingerprint density at radius 2 is 1.45 bits per heavy atom. The zero-order chi connectivity index (χ0) is 20.5. The summed E-state index contributed by atoms with van der Waals surface area (Å²) in [6.07, 6.45) is 0. The van der Waals surface area contributed by atoms with Gasteiger partial charge in [-0.05, 0) is 49.0 Å².